The summed E-state index contributed by atoms with van der Waals surface area (Å²) in [6, 6.07) is 7.86. The lowest BCUT2D eigenvalue weighted by Gasteiger charge is -2.14. The van der Waals surface area contributed by atoms with Crippen molar-refractivity contribution in [3.05, 3.63) is 81.9 Å². The van der Waals surface area contributed by atoms with Crippen molar-refractivity contribution in [3.8, 4) is 0 Å². The fourth-order valence-electron chi connectivity index (χ4n) is 3.17. The molecule has 3 heterocycles. The van der Waals surface area contributed by atoms with Gasteiger partial charge in [0.25, 0.3) is 0 Å². The van der Waals surface area contributed by atoms with Gasteiger partial charge in [-0.1, -0.05) is 6.07 Å². The minimum Gasteiger partial charge on any atom is -0.292 e. The molecule has 1 aliphatic rings. The van der Waals surface area contributed by atoms with E-state index in [0.29, 0.717) is 6.54 Å². The highest BCUT2D eigenvalue weighted by molar-refractivity contribution is 7.98. The number of pyridine rings is 2. The molecule has 0 bridgehead atoms. The first-order chi connectivity index (χ1) is 12.3. The Labute approximate surface area is 150 Å². The summed E-state index contributed by atoms with van der Waals surface area (Å²) >= 11 is 1.63. The third-order valence-electron chi connectivity index (χ3n) is 4.39. The molecule has 3 aromatic heterocycles. The van der Waals surface area contributed by atoms with E-state index in [1.807, 2.05) is 35.0 Å². The Kier molecular flexibility index (Phi) is 4.61. The van der Waals surface area contributed by atoms with Crippen LogP contribution in [0.15, 0.2) is 58.9 Å². The summed E-state index contributed by atoms with van der Waals surface area (Å²) < 4.78 is 1.83. The van der Waals surface area contributed by atoms with Crippen LogP contribution in [0, 0.1) is 0 Å². The van der Waals surface area contributed by atoms with Gasteiger partial charge in [0.1, 0.15) is 5.03 Å². The summed E-state index contributed by atoms with van der Waals surface area (Å²) in [5.41, 5.74) is 4.44. The molecular formula is C19H18N4OS. The quantitative estimate of drug-likeness (QED) is 0.523. The molecule has 0 spiro atoms. The highest BCUT2D eigenvalue weighted by Crippen LogP contribution is 2.31. The second kappa shape index (κ2) is 7.19. The molecule has 0 aromatic carbocycles. The normalized spacial score (nSPS) is 13.0. The predicted octanol–water partition coefficient (Wildman–Crippen LogP) is 2.86. The third-order valence-corrected chi connectivity index (χ3v) is 5.48. The highest BCUT2D eigenvalue weighted by Gasteiger charge is 2.22. The largest absolute Gasteiger partial charge is 0.349 e. The van der Waals surface area contributed by atoms with Crippen LogP contribution in [0.2, 0.25) is 0 Å². The Morgan fingerprint density at radius 2 is 1.92 bits per heavy atom. The van der Waals surface area contributed by atoms with Crippen LogP contribution in [-0.4, -0.2) is 19.5 Å². The smallest absolute Gasteiger partial charge is 0.292 e. The maximum atomic E-state index is 12.6. The van der Waals surface area contributed by atoms with Crippen molar-refractivity contribution in [2.75, 3.05) is 0 Å². The van der Waals surface area contributed by atoms with Gasteiger partial charge in [0.05, 0.1) is 6.54 Å². The number of rotatable bonds is 5. The molecule has 0 aliphatic heterocycles. The average Bonchev–Trinajstić information content (AvgIpc) is 3.14. The molecule has 1 aliphatic carbocycles. The van der Waals surface area contributed by atoms with Crippen molar-refractivity contribution in [3.63, 3.8) is 0 Å². The molecule has 0 radical (unpaired) electrons. The lowest BCUT2D eigenvalue weighted by atomic mass is 10.2. The molecule has 0 atom stereocenters. The zero-order chi connectivity index (χ0) is 17.1. The van der Waals surface area contributed by atoms with Gasteiger partial charge in [0.2, 0.25) is 0 Å². The van der Waals surface area contributed by atoms with Crippen LogP contribution in [0.4, 0.5) is 0 Å². The Bertz CT molecular complexity index is 925. The van der Waals surface area contributed by atoms with Crippen LogP contribution in [-0.2, 0) is 25.1 Å². The Morgan fingerprint density at radius 1 is 1.04 bits per heavy atom. The minimum absolute atomic E-state index is 0.161. The van der Waals surface area contributed by atoms with Crippen LogP contribution >= 0.6 is 11.8 Å². The zero-order valence-corrected chi connectivity index (χ0v) is 14.6. The maximum absolute atomic E-state index is 12.6. The highest BCUT2D eigenvalue weighted by atomic mass is 32.2. The third kappa shape index (κ3) is 3.49. The molecule has 0 unspecified atom stereocenters. The molecule has 0 N–H and O–H groups in total. The zero-order valence-electron chi connectivity index (χ0n) is 13.8. The average molecular weight is 350 g/mol. The van der Waals surface area contributed by atoms with Gasteiger partial charge >= 0.3 is 5.69 Å². The Hall–Kier alpha value is -2.47. The van der Waals surface area contributed by atoms with Crippen molar-refractivity contribution in [1.29, 1.82) is 0 Å². The fraction of sp³-hybridized carbons (Fsp3) is 0.263. The first-order valence-electron chi connectivity index (χ1n) is 8.34. The fourth-order valence-corrected chi connectivity index (χ4v) is 4.19. The summed E-state index contributed by atoms with van der Waals surface area (Å²) in [6.07, 6.45) is 10.2. The first-order valence-corrected chi connectivity index (χ1v) is 9.33. The monoisotopic (exact) mass is 350 g/mol. The maximum Gasteiger partial charge on any atom is 0.349 e. The van der Waals surface area contributed by atoms with Crippen molar-refractivity contribution >= 4 is 11.8 Å². The van der Waals surface area contributed by atoms with Crippen molar-refractivity contribution < 1.29 is 0 Å². The molecule has 0 saturated heterocycles. The molecule has 4 rings (SSSR count). The summed E-state index contributed by atoms with van der Waals surface area (Å²) in [5, 5.41) is 0.882. The van der Waals surface area contributed by atoms with E-state index in [-0.39, 0.29) is 5.69 Å². The van der Waals surface area contributed by atoms with Gasteiger partial charge in [0.15, 0.2) is 0 Å². The van der Waals surface area contributed by atoms with Crippen LogP contribution in [0.25, 0.3) is 0 Å². The molecule has 0 amide bonds. The topological polar surface area (TPSA) is 60.7 Å². The summed E-state index contributed by atoms with van der Waals surface area (Å²) in [7, 11) is 0. The van der Waals surface area contributed by atoms with E-state index in [1.54, 1.807) is 30.4 Å². The number of aromatic nitrogens is 4. The van der Waals surface area contributed by atoms with Crippen molar-refractivity contribution in [2.24, 2.45) is 0 Å². The minimum atomic E-state index is -0.161. The number of fused-ring (bicyclic) bond motifs is 1. The predicted molar refractivity (Wildman–Crippen MR) is 97.7 cm³/mol. The van der Waals surface area contributed by atoms with E-state index in [0.717, 1.165) is 46.9 Å². The van der Waals surface area contributed by atoms with Crippen LogP contribution < -0.4 is 5.69 Å². The number of hydrogen-bond acceptors (Lipinski definition) is 5. The van der Waals surface area contributed by atoms with Gasteiger partial charge in [-0.3, -0.25) is 14.5 Å². The number of nitrogens with zero attached hydrogens (tertiary/aromatic N) is 4. The summed E-state index contributed by atoms with van der Waals surface area (Å²) in [4.78, 5) is 25.2. The second-order valence-electron chi connectivity index (χ2n) is 6.07. The summed E-state index contributed by atoms with van der Waals surface area (Å²) in [5.74, 6) is 0.779. The van der Waals surface area contributed by atoms with Crippen LogP contribution in [0.5, 0.6) is 0 Å². The molecule has 25 heavy (non-hydrogen) atoms. The lowest BCUT2D eigenvalue weighted by molar-refractivity contribution is 0.666. The molecule has 5 nitrogen and oxygen atoms in total. The van der Waals surface area contributed by atoms with E-state index < -0.39 is 0 Å². The van der Waals surface area contributed by atoms with Gasteiger partial charge in [-0.05, 0) is 48.6 Å². The van der Waals surface area contributed by atoms with Gasteiger partial charge < -0.3 is 0 Å². The van der Waals surface area contributed by atoms with Gasteiger partial charge in [-0.2, -0.15) is 4.98 Å². The molecule has 3 aromatic rings. The molecule has 0 fully saturated rings. The van der Waals surface area contributed by atoms with Crippen molar-refractivity contribution in [1.82, 2.24) is 19.5 Å². The van der Waals surface area contributed by atoms with E-state index >= 15 is 0 Å². The van der Waals surface area contributed by atoms with Gasteiger partial charge in [0, 0.05) is 41.8 Å². The first kappa shape index (κ1) is 16.0. The lowest BCUT2D eigenvalue weighted by Crippen LogP contribution is -2.27. The van der Waals surface area contributed by atoms with Gasteiger partial charge in [-0.25, -0.2) is 4.79 Å². The van der Waals surface area contributed by atoms with Crippen molar-refractivity contribution in [2.45, 2.75) is 36.6 Å². The SMILES string of the molecule is O=c1nc(SCc2cccnc2)c2c(n1Cc1ccncc1)CCC2. The van der Waals surface area contributed by atoms with Crippen LogP contribution in [0.3, 0.4) is 0 Å². The van der Waals surface area contributed by atoms with Crippen LogP contribution in [0.1, 0.15) is 28.8 Å². The van der Waals surface area contributed by atoms with E-state index in [9.17, 15) is 4.79 Å². The number of thioether (sulfide) groups is 1. The Morgan fingerprint density at radius 3 is 2.72 bits per heavy atom. The van der Waals surface area contributed by atoms with E-state index in [1.165, 1.54) is 5.56 Å². The standard InChI is InChI=1S/C19H18N4OS/c24-19-22-18(25-13-15-3-2-8-21-11-15)16-4-1-5-17(16)23(19)12-14-6-9-20-10-7-14/h2-3,6-11H,1,4-5,12-13H2. The van der Waals surface area contributed by atoms with E-state index in [4.69, 9.17) is 0 Å². The number of hydrogen-bond donors (Lipinski definition) is 0. The second-order valence-corrected chi connectivity index (χ2v) is 7.03. The Balaban J connectivity index is 1.63. The molecule has 126 valence electrons. The molecule has 6 heteroatoms. The molecule has 0 saturated carbocycles. The molecular weight excluding hydrogens is 332 g/mol. The van der Waals surface area contributed by atoms with Gasteiger partial charge in [-0.15, -0.1) is 11.8 Å². The van der Waals surface area contributed by atoms with E-state index in [2.05, 4.69) is 15.0 Å². The summed E-state index contributed by atoms with van der Waals surface area (Å²) in [6.45, 7) is 0.560.